The largest absolute Gasteiger partial charge is 0.481 e. The fourth-order valence-corrected chi connectivity index (χ4v) is 1.59. The molecule has 1 fully saturated rings. The fourth-order valence-electron chi connectivity index (χ4n) is 1.59. The highest BCUT2D eigenvalue weighted by Gasteiger charge is 2.10. The monoisotopic (exact) mass is 382 g/mol. The zero-order valence-corrected chi connectivity index (χ0v) is 16.0. The second-order valence-corrected chi connectivity index (χ2v) is 5.15. The summed E-state index contributed by atoms with van der Waals surface area (Å²) in [5.41, 5.74) is 5.38. The minimum absolute atomic E-state index is 0.774. The van der Waals surface area contributed by atoms with Crippen LogP contribution in [0.2, 0.25) is 0 Å². The number of carboxylic acid groups (broad SMARTS) is 4. The average molecular weight is 382 g/mol. The van der Waals surface area contributed by atoms with Gasteiger partial charge in [-0.05, 0) is 12.8 Å². The zero-order chi connectivity index (χ0) is 21.5. The zero-order valence-electron chi connectivity index (χ0n) is 16.0. The lowest BCUT2D eigenvalue weighted by Crippen LogP contribution is -2.34. The van der Waals surface area contributed by atoms with Crippen LogP contribution in [0.1, 0.15) is 59.8 Å². The van der Waals surface area contributed by atoms with Gasteiger partial charge in [-0.15, -0.1) is 0 Å². The summed E-state index contributed by atoms with van der Waals surface area (Å²) in [6.45, 7) is 6.10. The predicted octanol–water partition coefficient (Wildman–Crippen LogP) is 1.23. The standard InChI is InChI=1S/C8H18N2.4C2H4O2/c9-6-7-10-8-4-2-1-3-5-8;4*1-2(3)4/h8,10H,1-7,9H2;4*1H3,(H,3,4). The van der Waals surface area contributed by atoms with Gasteiger partial charge in [-0.25, -0.2) is 0 Å². The Morgan fingerprint density at radius 3 is 1.27 bits per heavy atom. The minimum atomic E-state index is -0.833. The Labute approximate surface area is 154 Å². The van der Waals surface area contributed by atoms with Gasteiger partial charge in [-0.1, -0.05) is 19.3 Å². The first-order valence-corrected chi connectivity index (χ1v) is 8.08. The van der Waals surface area contributed by atoms with E-state index in [9.17, 15) is 0 Å². The normalized spacial score (nSPS) is 12.0. The smallest absolute Gasteiger partial charge is 0.300 e. The van der Waals surface area contributed by atoms with E-state index in [0.29, 0.717) is 0 Å². The third-order valence-corrected chi connectivity index (χ3v) is 2.18. The van der Waals surface area contributed by atoms with Crippen LogP contribution in [0.3, 0.4) is 0 Å². The Morgan fingerprint density at radius 1 is 0.769 bits per heavy atom. The number of aliphatic carboxylic acids is 4. The molecule has 0 aliphatic heterocycles. The number of nitrogens with one attached hydrogen (secondary N) is 1. The average Bonchev–Trinajstić information content (AvgIpc) is 2.44. The molecule has 26 heavy (non-hydrogen) atoms. The molecule has 0 aromatic carbocycles. The van der Waals surface area contributed by atoms with Crippen molar-refractivity contribution in [2.24, 2.45) is 5.73 Å². The lowest BCUT2D eigenvalue weighted by molar-refractivity contribution is -0.135. The number of hydrogen-bond donors (Lipinski definition) is 6. The highest BCUT2D eigenvalue weighted by atomic mass is 16.4. The summed E-state index contributed by atoms with van der Waals surface area (Å²) in [6, 6.07) is 0.775. The highest BCUT2D eigenvalue weighted by Crippen LogP contribution is 2.16. The van der Waals surface area contributed by atoms with Gasteiger partial charge >= 0.3 is 0 Å². The molecule has 0 spiro atoms. The summed E-state index contributed by atoms with van der Waals surface area (Å²) in [6.07, 6.45) is 6.96. The Kier molecular flexibility index (Phi) is 30.4. The van der Waals surface area contributed by atoms with Crippen LogP contribution in [0, 0.1) is 0 Å². The van der Waals surface area contributed by atoms with E-state index in [2.05, 4.69) is 5.32 Å². The van der Waals surface area contributed by atoms with Crippen molar-refractivity contribution in [2.45, 2.75) is 65.8 Å². The minimum Gasteiger partial charge on any atom is -0.481 e. The summed E-state index contributed by atoms with van der Waals surface area (Å²) in [5, 5.41) is 33.1. The predicted molar refractivity (Wildman–Crippen MR) is 97.2 cm³/mol. The van der Waals surface area contributed by atoms with Gasteiger partial charge in [0.15, 0.2) is 0 Å². The van der Waals surface area contributed by atoms with E-state index >= 15 is 0 Å². The van der Waals surface area contributed by atoms with Crippen LogP contribution in [0.25, 0.3) is 0 Å². The van der Waals surface area contributed by atoms with Gasteiger partial charge < -0.3 is 31.5 Å². The first-order chi connectivity index (χ1) is 11.9. The van der Waals surface area contributed by atoms with Gasteiger partial charge in [-0.3, -0.25) is 19.2 Å². The van der Waals surface area contributed by atoms with Gasteiger partial charge in [0.05, 0.1) is 0 Å². The summed E-state index contributed by atoms with van der Waals surface area (Å²) in [5.74, 6) is -3.33. The molecule has 0 unspecified atom stereocenters. The third kappa shape index (κ3) is 98.2. The van der Waals surface area contributed by atoms with Crippen molar-refractivity contribution in [1.29, 1.82) is 0 Å². The van der Waals surface area contributed by atoms with Crippen molar-refractivity contribution < 1.29 is 39.6 Å². The number of carboxylic acids is 4. The Balaban J connectivity index is -0.000000129. The molecule has 0 aromatic rings. The molecule has 1 aliphatic rings. The lowest BCUT2D eigenvalue weighted by Gasteiger charge is -2.22. The second-order valence-electron chi connectivity index (χ2n) is 5.15. The molecule has 1 saturated carbocycles. The van der Waals surface area contributed by atoms with E-state index < -0.39 is 23.9 Å². The van der Waals surface area contributed by atoms with Gasteiger partial charge in [0, 0.05) is 46.8 Å². The van der Waals surface area contributed by atoms with E-state index in [0.717, 1.165) is 46.8 Å². The van der Waals surface area contributed by atoms with Crippen molar-refractivity contribution in [3.05, 3.63) is 0 Å². The summed E-state index contributed by atoms with van der Waals surface area (Å²) < 4.78 is 0. The molecule has 0 atom stereocenters. The maximum Gasteiger partial charge on any atom is 0.300 e. The molecule has 156 valence electrons. The molecule has 10 heteroatoms. The third-order valence-electron chi connectivity index (χ3n) is 2.18. The lowest BCUT2D eigenvalue weighted by atomic mass is 9.96. The van der Waals surface area contributed by atoms with Gasteiger partial charge in [0.2, 0.25) is 0 Å². The summed E-state index contributed by atoms with van der Waals surface area (Å²) in [7, 11) is 0. The number of nitrogens with two attached hydrogens (primary N) is 1. The van der Waals surface area contributed by atoms with Gasteiger partial charge in [0.25, 0.3) is 23.9 Å². The van der Waals surface area contributed by atoms with E-state index in [1.165, 1.54) is 32.1 Å². The van der Waals surface area contributed by atoms with Crippen molar-refractivity contribution in [3.63, 3.8) is 0 Å². The molecule has 0 aromatic heterocycles. The van der Waals surface area contributed by atoms with Crippen molar-refractivity contribution in [2.75, 3.05) is 13.1 Å². The van der Waals surface area contributed by atoms with Crippen LogP contribution in [-0.4, -0.2) is 63.4 Å². The Morgan fingerprint density at radius 2 is 1.04 bits per heavy atom. The molecule has 0 amide bonds. The molecule has 0 bridgehead atoms. The number of rotatable bonds is 3. The van der Waals surface area contributed by atoms with Crippen molar-refractivity contribution in [1.82, 2.24) is 5.32 Å². The Hall–Kier alpha value is -2.20. The highest BCUT2D eigenvalue weighted by molar-refractivity contribution is 5.63. The van der Waals surface area contributed by atoms with Gasteiger partial charge in [0.1, 0.15) is 0 Å². The van der Waals surface area contributed by atoms with Crippen LogP contribution < -0.4 is 11.1 Å². The molecule has 10 nitrogen and oxygen atoms in total. The molecular formula is C16H34N2O8. The first kappa shape index (κ1) is 31.6. The molecule has 0 radical (unpaired) electrons. The van der Waals surface area contributed by atoms with E-state index in [-0.39, 0.29) is 0 Å². The van der Waals surface area contributed by atoms with Crippen LogP contribution in [0.15, 0.2) is 0 Å². The maximum atomic E-state index is 9.00. The molecular weight excluding hydrogens is 348 g/mol. The van der Waals surface area contributed by atoms with E-state index in [1.54, 1.807) is 0 Å². The van der Waals surface area contributed by atoms with Crippen LogP contribution in [0.5, 0.6) is 0 Å². The second kappa shape index (κ2) is 25.0. The summed E-state index contributed by atoms with van der Waals surface area (Å²) in [4.78, 5) is 36.0. The Bertz CT molecular complexity index is 305. The van der Waals surface area contributed by atoms with Crippen molar-refractivity contribution in [3.8, 4) is 0 Å². The summed E-state index contributed by atoms with van der Waals surface area (Å²) >= 11 is 0. The first-order valence-electron chi connectivity index (χ1n) is 8.08. The van der Waals surface area contributed by atoms with Crippen LogP contribution in [0.4, 0.5) is 0 Å². The molecule has 1 aliphatic carbocycles. The fraction of sp³-hybridized carbons (Fsp3) is 0.750. The van der Waals surface area contributed by atoms with E-state index in [4.69, 9.17) is 45.3 Å². The molecule has 0 saturated heterocycles. The van der Waals surface area contributed by atoms with Crippen molar-refractivity contribution >= 4 is 23.9 Å². The number of carbonyl (C=O) groups is 4. The van der Waals surface area contributed by atoms with Crippen LogP contribution >= 0.6 is 0 Å². The number of hydrogen-bond acceptors (Lipinski definition) is 6. The van der Waals surface area contributed by atoms with E-state index in [1.807, 2.05) is 0 Å². The van der Waals surface area contributed by atoms with Crippen LogP contribution in [-0.2, 0) is 19.2 Å². The molecule has 7 N–H and O–H groups in total. The molecule has 1 rings (SSSR count). The topological polar surface area (TPSA) is 187 Å². The quantitative estimate of drug-likeness (QED) is 0.414. The maximum absolute atomic E-state index is 9.00. The van der Waals surface area contributed by atoms with Gasteiger partial charge in [-0.2, -0.15) is 0 Å². The SMILES string of the molecule is CC(=O)O.CC(=O)O.CC(=O)O.CC(=O)O.NCCNC1CCCCC1. The molecule has 0 heterocycles.